The lowest BCUT2D eigenvalue weighted by Crippen LogP contribution is -2.70. The Morgan fingerprint density at radius 3 is 1.04 bits per heavy atom. The highest BCUT2D eigenvalue weighted by molar-refractivity contribution is 5.90. The fraction of sp³-hybridized carbons (Fsp3) is 0.960. The summed E-state index contributed by atoms with van der Waals surface area (Å²) >= 11 is 0. The number of esters is 2. The first-order valence-corrected chi connectivity index (χ1v) is 25.2. The Bertz CT molecular complexity index is 870. The number of hydrogen-bond donors (Lipinski definition) is 0. The van der Waals surface area contributed by atoms with E-state index in [2.05, 4.69) is 13.8 Å². The lowest BCUT2D eigenvalue weighted by atomic mass is 9.67. The van der Waals surface area contributed by atoms with Crippen LogP contribution in [-0.4, -0.2) is 36.9 Å². The Labute approximate surface area is 342 Å². The Morgan fingerprint density at radius 1 is 0.436 bits per heavy atom. The average Bonchev–Trinajstić information content (AvgIpc) is 3.19. The fourth-order valence-electron chi connectivity index (χ4n) is 9.18. The maximum atomic E-state index is 13.2. The van der Waals surface area contributed by atoms with E-state index < -0.39 is 11.5 Å². The number of fused-ring (bicyclic) bond motifs is 2. The molecular formula is C50H94O5. The topological polar surface area (TPSA) is 61.8 Å². The van der Waals surface area contributed by atoms with Gasteiger partial charge in [-0.3, -0.25) is 4.79 Å². The maximum absolute atomic E-state index is 13.2. The number of hydrogen-bond acceptors (Lipinski definition) is 5. The van der Waals surface area contributed by atoms with Crippen molar-refractivity contribution in [1.82, 2.24) is 0 Å². The molecule has 0 aromatic carbocycles. The Hall–Kier alpha value is -1.10. The van der Waals surface area contributed by atoms with Crippen LogP contribution in [0.5, 0.6) is 0 Å². The zero-order chi connectivity index (χ0) is 39.3. The van der Waals surface area contributed by atoms with E-state index in [-0.39, 0.29) is 18.0 Å². The van der Waals surface area contributed by atoms with Gasteiger partial charge in [0.15, 0.2) is 5.60 Å². The van der Waals surface area contributed by atoms with Crippen molar-refractivity contribution < 1.29 is 23.8 Å². The SMILES string of the molecule is CCCCCCCCCCCCCCCCCCCCCOC(=O)C1C2CCCC1(C(=O)OCCCCCCCCCCCCCCCCCCCCC)O2. The van der Waals surface area contributed by atoms with Crippen LogP contribution in [0.25, 0.3) is 0 Å². The van der Waals surface area contributed by atoms with Gasteiger partial charge >= 0.3 is 11.9 Å². The van der Waals surface area contributed by atoms with Crippen LogP contribution in [0.2, 0.25) is 0 Å². The quantitative estimate of drug-likeness (QED) is 0.0456. The van der Waals surface area contributed by atoms with Crippen LogP contribution in [0.3, 0.4) is 0 Å². The molecule has 3 atom stereocenters. The van der Waals surface area contributed by atoms with E-state index in [1.54, 1.807) is 0 Å². The second-order valence-electron chi connectivity index (χ2n) is 17.9. The molecule has 5 nitrogen and oxygen atoms in total. The predicted octanol–water partition coefficient (Wildman–Crippen LogP) is 15.9. The summed E-state index contributed by atoms with van der Waals surface area (Å²) in [5.74, 6) is -1.07. The summed E-state index contributed by atoms with van der Waals surface area (Å²) < 4.78 is 17.4. The molecule has 0 N–H and O–H groups in total. The van der Waals surface area contributed by atoms with Crippen molar-refractivity contribution in [3.05, 3.63) is 0 Å². The monoisotopic (exact) mass is 775 g/mol. The summed E-state index contributed by atoms with van der Waals surface area (Å²) in [5.41, 5.74) is -1.10. The molecule has 0 spiro atoms. The van der Waals surface area contributed by atoms with Gasteiger partial charge in [0.1, 0.15) is 5.92 Å². The van der Waals surface area contributed by atoms with Crippen molar-refractivity contribution in [2.24, 2.45) is 5.92 Å². The molecular weight excluding hydrogens is 681 g/mol. The third kappa shape index (κ3) is 24.4. The molecule has 0 radical (unpaired) electrons. The van der Waals surface area contributed by atoms with Crippen LogP contribution in [0.1, 0.15) is 277 Å². The van der Waals surface area contributed by atoms with E-state index >= 15 is 0 Å². The van der Waals surface area contributed by atoms with Crippen molar-refractivity contribution in [2.75, 3.05) is 13.2 Å². The summed E-state index contributed by atoms with van der Waals surface area (Å²) in [4.78, 5) is 26.3. The number of ether oxygens (including phenoxy) is 3. The van der Waals surface area contributed by atoms with Gasteiger partial charge in [0.2, 0.25) is 0 Å². The van der Waals surface area contributed by atoms with Gasteiger partial charge in [-0.25, -0.2) is 4.79 Å². The maximum Gasteiger partial charge on any atom is 0.339 e. The normalized spacial score (nSPS) is 19.0. The zero-order valence-corrected chi connectivity index (χ0v) is 37.1. The molecule has 1 saturated carbocycles. The minimum Gasteiger partial charge on any atom is -0.465 e. The van der Waals surface area contributed by atoms with Gasteiger partial charge in [0.05, 0.1) is 19.3 Å². The van der Waals surface area contributed by atoms with Crippen LogP contribution >= 0.6 is 0 Å². The summed E-state index contributed by atoms with van der Waals surface area (Å²) in [5, 5.41) is 0. The molecule has 1 aliphatic carbocycles. The second kappa shape index (κ2) is 36.0. The molecule has 55 heavy (non-hydrogen) atoms. The highest BCUT2D eigenvalue weighted by Gasteiger charge is 2.67. The molecule has 324 valence electrons. The molecule has 0 aromatic rings. The highest BCUT2D eigenvalue weighted by atomic mass is 16.6. The molecule has 2 heterocycles. The fourth-order valence-corrected chi connectivity index (χ4v) is 9.18. The first-order valence-electron chi connectivity index (χ1n) is 25.2. The molecule has 3 aliphatic rings. The van der Waals surface area contributed by atoms with Gasteiger partial charge in [0.25, 0.3) is 0 Å². The Kier molecular flexibility index (Phi) is 32.8. The van der Waals surface area contributed by atoms with E-state index in [1.165, 1.54) is 218 Å². The van der Waals surface area contributed by atoms with Crippen LogP contribution < -0.4 is 0 Å². The van der Waals surface area contributed by atoms with Crippen molar-refractivity contribution in [2.45, 2.75) is 289 Å². The molecule has 2 aliphatic heterocycles. The van der Waals surface area contributed by atoms with Crippen LogP contribution in [0.15, 0.2) is 0 Å². The third-order valence-corrected chi connectivity index (χ3v) is 12.8. The summed E-state index contributed by atoms with van der Waals surface area (Å²) in [7, 11) is 0. The van der Waals surface area contributed by atoms with Crippen molar-refractivity contribution in [3.63, 3.8) is 0 Å². The Morgan fingerprint density at radius 2 is 0.727 bits per heavy atom. The first kappa shape index (κ1) is 50.0. The van der Waals surface area contributed by atoms with Gasteiger partial charge in [-0.1, -0.05) is 245 Å². The smallest absolute Gasteiger partial charge is 0.339 e. The molecule has 5 heteroatoms. The average molecular weight is 775 g/mol. The van der Waals surface area contributed by atoms with E-state index in [9.17, 15) is 9.59 Å². The van der Waals surface area contributed by atoms with E-state index in [1.807, 2.05) is 0 Å². The molecule has 3 fully saturated rings. The van der Waals surface area contributed by atoms with Crippen molar-refractivity contribution >= 4 is 11.9 Å². The van der Waals surface area contributed by atoms with Gasteiger partial charge < -0.3 is 14.2 Å². The lowest BCUT2D eigenvalue weighted by molar-refractivity contribution is -0.284. The number of rotatable bonds is 42. The summed E-state index contributed by atoms with van der Waals surface area (Å²) in [6, 6.07) is 0. The van der Waals surface area contributed by atoms with Crippen LogP contribution in [0.4, 0.5) is 0 Å². The van der Waals surface area contributed by atoms with Crippen molar-refractivity contribution in [3.8, 4) is 0 Å². The van der Waals surface area contributed by atoms with Crippen LogP contribution in [0, 0.1) is 5.92 Å². The number of carbonyl (C=O) groups excluding carboxylic acids is 2. The molecule has 0 aromatic heterocycles. The minimum atomic E-state index is -1.10. The van der Waals surface area contributed by atoms with Gasteiger partial charge in [-0.05, 0) is 32.1 Å². The van der Waals surface area contributed by atoms with Crippen LogP contribution in [-0.2, 0) is 23.8 Å². The molecule has 2 bridgehead atoms. The zero-order valence-electron chi connectivity index (χ0n) is 37.1. The van der Waals surface area contributed by atoms with Gasteiger partial charge in [-0.2, -0.15) is 0 Å². The van der Waals surface area contributed by atoms with E-state index in [0.29, 0.717) is 19.6 Å². The molecule has 3 rings (SSSR count). The predicted molar refractivity (Wildman–Crippen MR) is 234 cm³/mol. The number of carbonyl (C=O) groups is 2. The highest BCUT2D eigenvalue weighted by Crippen LogP contribution is 2.50. The molecule has 0 amide bonds. The van der Waals surface area contributed by atoms with E-state index in [4.69, 9.17) is 14.2 Å². The first-order chi connectivity index (χ1) is 27.2. The summed E-state index contributed by atoms with van der Waals surface area (Å²) in [6.45, 7) is 5.46. The number of unbranched alkanes of at least 4 members (excludes halogenated alkanes) is 36. The third-order valence-electron chi connectivity index (χ3n) is 12.8. The standard InChI is InChI=1S/C50H94O5/c1-3-5-7-9-11-13-15-17-19-21-23-25-27-29-31-33-35-37-39-44-53-48(51)47-46-42-41-43-50(47,55-46)49(52)54-45-40-38-36-34-32-30-28-26-24-22-20-18-16-14-12-10-8-6-4-2/h46-47H,3-45H2,1-2H3. The van der Waals surface area contributed by atoms with E-state index in [0.717, 1.165) is 38.5 Å². The molecule has 2 saturated heterocycles. The Balaban J connectivity index is 1.36. The minimum absolute atomic E-state index is 0.186. The summed E-state index contributed by atoms with van der Waals surface area (Å²) in [6.07, 6.45) is 53.3. The van der Waals surface area contributed by atoms with Gasteiger partial charge in [0, 0.05) is 0 Å². The largest absolute Gasteiger partial charge is 0.465 e. The van der Waals surface area contributed by atoms with Gasteiger partial charge in [-0.15, -0.1) is 0 Å². The molecule has 3 unspecified atom stereocenters. The second-order valence-corrected chi connectivity index (χ2v) is 17.9. The lowest BCUT2D eigenvalue weighted by Gasteiger charge is -2.54. The van der Waals surface area contributed by atoms with Crippen molar-refractivity contribution in [1.29, 1.82) is 0 Å².